The standard InChI is InChI=1S/C21H23N3O3/c1-15(11-12-16-7-3-2-4-8-16)22-19(25)13-14-24-20(26)17-9-5-6-10-18(17)23-21(24)27/h2-10,15H,11-14H2,1H3,(H,22,25)(H,23,27)/t15-/m0/s1. The maximum Gasteiger partial charge on any atom is 0.328 e. The maximum absolute atomic E-state index is 12.5. The lowest BCUT2D eigenvalue weighted by Gasteiger charge is -2.14. The first-order chi connectivity index (χ1) is 13.0. The molecule has 6 nitrogen and oxygen atoms in total. The van der Waals surface area contributed by atoms with E-state index in [0.29, 0.717) is 10.9 Å². The highest BCUT2D eigenvalue weighted by atomic mass is 16.2. The van der Waals surface area contributed by atoms with E-state index in [9.17, 15) is 14.4 Å². The van der Waals surface area contributed by atoms with Gasteiger partial charge in [0.25, 0.3) is 5.56 Å². The molecule has 27 heavy (non-hydrogen) atoms. The molecule has 1 heterocycles. The minimum atomic E-state index is -0.497. The summed E-state index contributed by atoms with van der Waals surface area (Å²) in [5, 5.41) is 3.37. The third kappa shape index (κ3) is 4.73. The topological polar surface area (TPSA) is 84.0 Å². The number of aromatic amines is 1. The van der Waals surface area contributed by atoms with Gasteiger partial charge in [-0.3, -0.25) is 14.2 Å². The van der Waals surface area contributed by atoms with Crippen LogP contribution in [0.25, 0.3) is 10.9 Å². The van der Waals surface area contributed by atoms with Crippen molar-refractivity contribution in [1.29, 1.82) is 0 Å². The third-order valence-corrected chi connectivity index (χ3v) is 4.57. The number of hydrogen-bond acceptors (Lipinski definition) is 3. The number of amides is 1. The highest BCUT2D eigenvalue weighted by molar-refractivity contribution is 5.77. The van der Waals surface area contributed by atoms with E-state index in [4.69, 9.17) is 0 Å². The number of fused-ring (bicyclic) bond motifs is 1. The van der Waals surface area contributed by atoms with Crippen LogP contribution in [-0.2, 0) is 17.8 Å². The van der Waals surface area contributed by atoms with Crippen molar-refractivity contribution in [2.45, 2.75) is 38.8 Å². The van der Waals surface area contributed by atoms with Crippen molar-refractivity contribution in [1.82, 2.24) is 14.9 Å². The molecular weight excluding hydrogens is 342 g/mol. The fraction of sp³-hybridized carbons (Fsp3) is 0.286. The summed E-state index contributed by atoms with van der Waals surface area (Å²) < 4.78 is 1.08. The maximum atomic E-state index is 12.5. The number of carbonyl (C=O) groups is 1. The summed E-state index contributed by atoms with van der Waals surface area (Å²) in [6.45, 7) is 2.01. The highest BCUT2D eigenvalue weighted by Crippen LogP contribution is 2.05. The van der Waals surface area contributed by atoms with Gasteiger partial charge in [-0.2, -0.15) is 0 Å². The predicted octanol–water partition coefficient (Wildman–Crippen LogP) is 2.22. The van der Waals surface area contributed by atoms with E-state index in [1.807, 2.05) is 25.1 Å². The van der Waals surface area contributed by atoms with Crippen LogP contribution >= 0.6 is 0 Å². The fourth-order valence-corrected chi connectivity index (χ4v) is 3.06. The Bertz CT molecular complexity index is 1040. The Morgan fingerprint density at radius 3 is 2.56 bits per heavy atom. The van der Waals surface area contributed by atoms with Crippen LogP contribution in [0.2, 0.25) is 0 Å². The van der Waals surface area contributed by atoms with Crippen LogP contribution < -0.4 is 16.6 Å². The van der Waals surface area contributed by atoms with Crippen LogP contribution in [-0.4, -0.2) is 21.5 Å². The molecule has 0 aliphatic carbocycles. The van der Waals surface area contributed by atoms with Gasteiger partial charge in [-0.15, -0.1) is 0 Å². The van der Waals surface area contributed by atoms with Gasteiger partial charge in [-0.1, -0.05) is 42.5 Å². The van der Waals surface area contributed by atoms with Gasteiger partial charge in [-0.05, 0) is 37.5 Å². The number of para-hydroxylation sites is 1. The van der Waals surface area contributed by atoms with E-state index in [1.54, 1.807) is 24.3 Å². The zero-order valence-electron chi connectivity index (χ0n) is 15.3. The van der Waals surface area contributed by atoms with Crippen LogP contribution in [0, 0.1) is 0 Å². The van der Waals surface area contributed by atoms with Crippen LogP contribution in [0.1, 0.15) is 25.3 Å². The molecule has 3 rings (SSSR count). The number of benzene rings is 2. The molecule has 0 fully saturated rings. The smallest absolute Gasteiger partial charge is 0.328 e. The number of aromatic nitrogens is 2. The lowest BCUT2D eigenvalue weighted by Crippen LogP contribution is -2.38. The lowest BCUT2D eigenvalue weighted by atomic mass is 10.1. The summed E-state index contributed by atoms with van der Waals surface area (Å²) in [6.07, 6.45) is 1.79. The summed E-state index contributed by atoms with van der Waals surface area (Å²) in [6, 6.07) is 17.0. The molecule has 1 aromatic heterocycles. The molecule has 2 aromatic carbocycles. The Hall–Kier alpha value is -3.15. The van der Waals surface area contributed by atoms with Crippen molar-refractivity contribution in [3.8, 4) is 0 Å². The number of carbonyl (C=O) groups excluding carboxylic acids is 1. The quantitative estimate of drug-likeness (QED) is 0.673. The van der Waals surface area contributed by atoms with Crippen molar-refractivity contribution >= 4 is 16.8 Å². The van der Waals surface area contributed by atoms with Gasteiger partial charge in [0.1, 0.15) is 0 Å². The van der Waals surface area contributed by atoms with Gasteiger partial charge in [0.2, 0.25) is 5.91 Å². The summed E-state index contributed by atoms with van der Waals surface area (Å²) in [4.78, 5) is 39.4. The molecule has 0 saturated carbocycles. The lowest BCUT2D eigenvalue weighted by molar-refractivity contribution is -0.121. The highest BCUT2D eigenvalue weighted by Gasteiger charge is 2.11. The molecule has 3 aromatic rings. The van der Waals surface area contributed by atoms with Crippen LogP contribution in [0.5, 0.6) is 0 Å². The number of aryl methyl sites for hydroxylation is 1. The van der Waals surface area contributed by atoms with E-state index >= 15 is 0 Å². The molecular formula is C21H23N3O3. The van der Waals surface area contributed by atoms with Crippen LogP contribution in [0.3, 0.4) is 0 Å². The van der Waals surface area contributed by atoms with Crippen LogP contribution in [0.4, 0.5) is 0 Å². The monoisotopic (exact) mass is 365 g/mol. The SMILES string of the molecule is C[C@@H](CCc1ccccc1)NC(=O)CCn1c(=O)[nH]c2ccccc2c1=O. The molecule has 2 N–H and O–H groups in total. The molecule has 0 bridgehead atoms. The minimum Gasteiger partial charge on any atom is -0.354 e. The van der Waals surface area contributed by atoms with Crippen molar-refractivity contribution < 1.29 is 4.79 Å². The van der Waals surface area contributed by atoms with E-state index in [1.165, 1.54) is 5.56 Å². The summed E-state index contributed by atoms with van der Waals surface area (Å²) in [5.74, 6) is -0.171. The molecule has 0 unspecified atom stereocenters. The summed E-state index contributed by atoms with van der Waals surface area (Å²) in [5.41, 5.74) is 0.860. The number of nitrogens with one attached hydrogen (secondary N) is 2. The van der Waals surface area contributed by atoms with Crippen molar-refractivity contribution in [3.05, 3.63) is 81.0 Å². The second-order valence-corrected chi connectivity index (χ2v) is 6.68. The average molecular weight is 365 g/mol. The van der Waals surface area contributed by atoms with E-state index in [2.05, 4.69) is 22.4 Å². The van der Waals surface area contributed by atoms with E-state index in [-0.39, 0.29) is 30.5 Å². The minimum absolute atomic E-state index is 0.0179. The van der Waals surface area contributed by atoms with Gasteiger partial charge < -0.3 is 10.3 Å². The molecule has 0 radical (unpaired) electrons. The Kier molecular flexibility index (Phi) is 5.86. The first-order valence-corrected chi connectivity index (χ1v) is 9.10. The largest absolute Gasteiger partial charge is 0.354 e. The number of nitrogens with zero attached hydrogens (tertiary/aromatic N) is 1. The Morgan fingerprint density at radius 2 is 1.78 bits per heavy atom. The Labute approximate surface area is 156 Å². The summed E-state index contributed by atoms with van der Waals surface area (Å²) >= 11 is 0. The van der Waals surface area contributed by atoms with Crippen molar-refractivity contribution in [3.63, 3.8) is 0 Å². The molecule has 1 amide bonds. The molecule has 6 heteroatoms. The fourth-order valence-electron chi connectivity index (χ4n) is 3.06. The van der Waals surface area contributed by atoms with E-state index < -0.39 is 5.69 Å². The molecule has 0 aliphatic rings. The van der Waals surface area contributed by atoms with Gasteiger partial charge in [-0.25, -0.2) is 4.79 Å². The third-order valence-electron chi connectivity index (χ3n) is 4.57. The average Bonchev–Trinajstić information content (AvgIpc) is 2.67. The zero-order valence-corrected chi connectivity index (χ0v) is 15.3. The van der Waals surface area contributed by atoms with E-state index in [0.717, 1.165) is 17.4 Å². The van der Waals surface area contributed by atoms with Gasteiger partial charge >= 0.3 is 5.69 Å². The molecule has 0 spiro atoms. The van der Waals surface area contributed by atoms with Crippen molar-refractivity contribution in [2.24, 2.45) is 0 Å². The van der Waals surface area contributed by atoms with Crippen molar-refractivity contribution in [2.75, 3.05) is 0 Å². The second-order valence-electron chi connectivity index (χ2n) is 6.68. The van der Waals surface area contributed by atoms with Gasteiger partial charge in [0.15, 0.2) is 0 Å². The van der Waals surface area contributed by atoms with Gasteiger partial charge in [0.05, 0.1) is 10.9 Å². The molecule has 140 valence electrons. The second kappa shape index (κ2) is 8.49. The number of rotatable bonds is 7. The first-order valence-electron chi connectivity index (χ1n) is 9.10. The van der Waals surface area contributed by atoms with Crippen LogP contribution in [0.15, 0.2) is 64.2 Å². The normalized spacial score (nSPS) is 12.0. The van der Waals surface area contributed by atoms with Gasteiger partial charge in [0, 0.05) is 19.0 Å². The predicted molar refractivity (Wildman–Crippen MR) is 106 cm³/mol. The number of hydrogen-bond donors (Lipinski definition) is 2. The summed E-state index contributed by atoms with van der Waals surface area (Å²) in [7, 11) is 0. The molecule has 1 atom stereocenters. The zero-order chi connectivity index (χ0) is 19.2. The Morgan fingerprint density at radius 1 is 1.07 bits per heavy atom. The molecule has 0 aliphatic heterocycles. The molecule has 0 saturated heterocycles. The Balaban J connectivity index is 1.57. The number of H-pyrrole nitrogens is 1. The first kappa shape index (κ1) is 18.6.